The van der Waals surface area contributed by atoms with Crippen molar-refractivity contribution < 1.29 is 14.4 Å². The first kappa shape index (κ1) is 17.7. The molecular formula is C15H27N3O3. The minimum absolute atomic E-state index is 0.0200. The van der Waals surface area contributed by atoms with Crippen LogP contribution in [0.5, 0.6) is 0 Å². The molecule has 6 nitrogen and oxygen atoms in total. The number of aromatic nitrogens is 1. The molecular weight excluding hydrogens is 270 g/mol. The van der Waals surface area contributed by atoms with E-state index in [0.717, 1.165) is 19.5 Å². The van der Waals surface area contributed by atoms with E-state index in [0.29, 0.717) is 0 Å². The standard InChI is InChI=1S/C15H27N3O3/c1-5-6-7-16-10-15(3,4)11(2)17-14(20)13-8-12(9-19)21-18-13/h8,11,16,19H,5-7,9-10H2,1-4H3,(H,17,20). The average molecular weight is 297 g/mol. The SMILES string of the molecule is CCCCNCC(C)(C)C(C)NC(=O)c1cc(CO)on1. The summed E-state index contributed by atoms with van der Waals surface area (Å²) >= 11 is 0. The Kier molecular flexibility index (Phi) is 6.84. The van der Waals surface area contributed by atoms with Gasteiger partial charge in [0.15, 0.2) is 11.5 Å². The summed E-state index contributed by atoms with van der Waals surface area (Å²) in [5, 5.41) is 18.9. The van der Waals surface area contributed by atoms with Gasteiger partial charge in [0.25, 0.3) is 5.91 Å². The second kappa shape index (κ2) is 8.14. The molecule has 0 aromatic carbocycles. The number of rotatable bonds is 9. The van der Waals surface area contributed by atoms with Crippen LogP contribution >= 0.6 is 0 Å². The first-order chi connectivity index (χ1) is 9.90. The molecule has 3 N–H and O–H groups in total. The van der Waals surface area contributed by atoms with Gasteiger partial charge < -0.3 is 20.3 Å². The van der Waals surface area contributed by atoms with Gasteiger partial charge in [-0.15, -0.1) is 0 Å². The third kappa shape index (κ3) is 5.47. The molecule has 1 rings (SSSR count). The molecule has 0 aliphatic carbocycles. The van der Waals surface area contributed by atoms with Gasteiger partial charge in [-0.05, 0) is 25.3 Å². The first-order valence-corrected chi connectivity index (χ1v) is 7.48. The smallest absolute Gasteiger partial charge is 0.273 e. The Balaban J connectivity index is 2.49. The molecule has 1 unspecified atom stereocenters. The summed E-state index contributed by atoms with van der Waals surface area (Å²) in [6.07, 6.45) is 2.32. The molecule has 0 aliphatic heterocycles. The molecule has 1 heterocycles. The minimum Gasteiger partial charge on any atom is -0.388 e. The topological polar surface area (TPSA) is 87.4 Å². The Bertz CT molecular complexity index is 443. The van der Waals surface area contributed by atoms with Crippen LogP contribution in [0.2, 0.25) is 0 Å². The molecule has 0 fully saturated rings. The van der Waals surface area contributed by atoms with Crippen LogP contribution in [0.1, 0.15) is 56.8 Å². The fourth-order valence-electron chi connectivity index (χ4n) is 1.83. The Morgan fingerprint density at radius 2 is 2.24 bits per heavy atom. The van der Waals surface area contributed by atoms with Gasteiger partial charge in [-0.25, -0.2) is 0 Å². The van der Waals surface area contributed by atoms with E-state index in [9.17, 15) is 4.79 Å². The number of unbranched alkanes of at least 4 members (excludes halogenated alkanes) is 1. The number of hydrogen-bond donors (Lipinski definition) is 3. The van der Waals surface area contributed by atoms with Gasteiger partial charge >= 0.3 is 0 Å². The summed E-state index contributed by atoms with van der Waals surface area (Å²) in [7, 11) is 0. The highest BCUT2D eigenvalue weighted by Crippen LogP contribution is 2.19. The zero-order valence-corrected chi connectivity index (χ0v) is 13.4. The Hall–Kier alpha value is -1.40. The van der Waals surface area contributed by atoms with Crippen molar-refractivity contribution in [3.8, 4) is 0 Å². The maximum absolute atomic E-state index is 12.1. The highest BCUT2D eigenvalue weighted by molar-refractivity contribution is 5.92. The van der Waals surface area contributed by atoms with Crippen molar-refractivity contribution in [3.63, 3.8) is 0 Å². The van der Waals surface area contributed by atoms with Crippen LogP contribution in [0.4, 0.5) is 0 Å². The summed E-state index contributed by atoms with van der Waals surface area (Å²) in [5.74, 6) is 0.000814. The lowest BCUT2D eigenvalue weighted by Gasteiger charge is -2.32. The molecule has 21 heavy (non-hydrogen) atoms. The molecule has 0 radical (unpaired) electrons. The number of carbonyl (C=O) groups excluding carboxylic acids is 1. The number of amides is 1. The summed E-state index contributed by atoms with van der Waals surface area (Å²) in [6, 6.07) is 1.43. The first-order valence-electron chi connectivity index (χ1n) is 7.48. The van der Waals surface area contributed by atoms with E-state index in [1.165, 1.54) is 12.5 Å². The lowest BCUT2D eigenvalue weighted by molar-refractivity contribution is 0.0893. The fraction of sp³-hybridized carbons (Fsp3) is 0.733. The Labute approximate surface area is 126 Å². The largest absolute Gasteiger partial charge is 0.388 e. The highest BCUT2D eigenvalue weighted by Gasteiger charge is 2.27. The lowest BCUT2D eigenvalue weighted by atomic mass is 9.85. The van der Waals surface area contributed by atoms with Crippen LogP contribution in [0.15, 0.2) is 10.6 Å². The number of hydrogen-bond acceptors (Lipinski definition) is 5. The summed E-state index contributed by atoms with van der Waals surface area (Å²) in [6.45, 7) is 9.92. The van der Waals surface area contributed by atoms with E-state index >= 15 is 0 Å². The normalized spacial score (nSPS) is 13.2. The van der Waals surface area contributed by atoms with Crippen molar-refractivity contribution in [3.05, 3.63) is 17.5 Å². The van der Waals surface area contributed by atoms with Gasteiger partial charge in [0.05, 0.1) is 0 Å². The van der Waals surface area contributed by atoms with Gasteiger partial charge in [-0.1, -0.05) is 32.3 Å². The molecule has 6 heteroatoms. The minimum atomic E-state index is -0.285. The third-order valence-corrected chi connectivity index (χ3v) is 3.75. The van der Waals surface area contributed by atoms with Crippen LogP contribution in [-0.2, 0) is 6.61 Å². The monoisotopic (exact) mass is 297 g/mol. The Morgan fingerprint density at radius 3 is 2.81 bits per heavy atom. The molecule has 120 valence electrons. The van der Waals surface area contributed by atoms with Crippen molar-refractivity contribution >= 4 is 5.91 Å². The van der Waals surface area contributed by atoms with E-state index in [4.69, 9.17) is 9.63 Å². The van der Waals surface area contributed by atoms with E-state index in [2.05, 4.69) is 36.6 Å². The van der Waals surface area contributed by atoms with Crippen molar-refractivity contribution in [2.24, 2.45) is 5.41 Å². The zero-order valence-electron chi connectivity index (χ0n) is 13.4. The van der Waals surface area contributed by atoms with Gasteiger partial charge in [0, 0.05) is 18.7 Å². The number of aliphatic hydroxyl groups is 1. The maximum Gasteiger partial charge on any atom is 0.273 e. The molecule has 0 saturated heterocycles. The zero-order chi connectivity index (χ0) is 15.9. The van der Waals surface area contributed by atoms with E-state index in [-0.39, 0.29) is 35.4 Å². The van der Waals surface area contributed by atoms with Gasteiger partial charge in [0.2, 0.25) is 0 Å². The third-order valence-electron chi connectivity index (χ3n) is 3.75. The van der Waals surface area contributed by atoms with E-state index in [1.807, 2.05) is 6.92 Å². The second-order valence-electron chi connectivity index (χ2n) is 6.05. The summed E-state index contributed by atoms with van der Waals surface area (Å²) in [4.78, 5) is 12.1. The van der Waals surface area contributed by atoms with Crippen LogP contribution in [0.3, 0.4) is 0 Å². The van der Waals surface area contributed by atoms with Crippen molar-refractivity contribution in [2.75, 3.05) is 13.1 Å². The molecule has 1 aromatic heterocycles. The maximum atomic E-state index is 12.1. The van der Waals surface area contributed by atoms with Crippen molar-refractivity contribution in [1.29, 1.82) is 0 Å². The molecule has 1 atom stereocenters. The molecule has 0 spiro atoms. The molecule has 0 bridgehead atoms. The number of nitrogens with zero attached hydrogens (tertiary/aromatic N) is 1. The number of nitrogens with one attached hydrogen (secondary N) is 2. The summed E-state index contributed by atoms with van der Waals surface area (Å²) < 4.78 is 4.82. The van der Waals surface area contributed by atoms with Gasteiger partial charge in [-0.2, -0.15) is 0 Å². The predicted molar refractivity (Wildman–Crippen MR) is 80.9 cm³/mol. The molecule has 0 aliphatic rings. The van der Waals surface area contributed by atoms with Crippen molar-refractivity contribution in [2.45, 2.75) is 53.2 Å². The van der Waals surface area contributed by atoms with Crippen LogP contribution < -0.4 is 10.6 Å². The molecule has 1 amide bonds. The summed E-state index contributed by atoms with van der Waals surface area (Å²) in [5.41, 5.74) is 0.119. The Morgan fingerprint density at radius 1 is 1.52 bits per heavy atom. The predicted octanol–water partition coefficient (Wildman–Crippen LogP) is 1.70. The number of carbonyl (C=O) groups is 1. The van der Waals surface area contributed by atoms with Gasteiger partial charge in [0.1, 0.15) is 6.61 Å². The van der Waals surface area contributed by atoms with Crippen molar-refractivity contribution in [1.82, 2.24) is 15.8 Å². The second-order valence-corrected chi connectivity index (χ2v) is 6.05. The quantitative estimate of drug-likeness (QED) is 0.604. The van der Waals surface area contributed by atoms with Gasteiger partial charge in [-0.3, -0.25) is 4.79 Å². The fourth-order valence-corrected chi connectivity index (χ4v) is 1.83. The van der Waals surface area contributed by atoms with E-state index < -0.39 is 0 Å². The average Bonchev–Trinajstić information content (AvgIpc) is 2.92. The van der Waals surface area contributed by atoms with Crippen LogP contribution in [0, 0.1) is 5.41 Å². The van der Waals surface area contributed by atoms with Crippen LogP contribution in [0.25, 0.3) is 0 Å². The van der Waals surface area contributed by atoms with E-state index in [1.54, 1.807) is 0 Å². The lowest BCUT2D eigenvalue weighted by Crippen LogP contribution is -2.47. The highest BCUT2D eigenvalue weighted by atomic mass is 16.5. The molecule has 0 saturated carbocycles. The molecule has 1 aromatic rings. The van der Waals surface area contributed by atoms with Crippen LogP contribution in [-0.4, -0.2) is 35.3 Å². The number of aliphatic hydroxyl groups excluding tert-OH is 1.